The Kier molecular flexibility index (Phi) is 4.19. The molecular weight excluding hydrogens is 226 g/mol. The number of hydrogen-bond donors (Lipinski definition) is 1. The number of rotatable bonds is 4. The molecule has 0 saturated carbocycles. The summed E-state index contributed by atoms with van der Waals surface area (Å²) in [6, 6.07) is 7.31. The molecule has 1 aromatic carbocycles. The summed E-state index contributed by atoms with van der Waals surface area (Å²) in [5.41, 5.74) is -0.0151. The molecule has 0 amide bonds. The summed E-state index contributed by atoms with van der Waals surface area (Å²) in [5, 5.41) is 3.71. The van der Waals surface area contributed by atoms with E-state index in [1.165, 1.54) is 7.11 Å². The molecule has 3 nitrogen and oxygen atoms in total. The summed E-state index contributed by atoms with van der Waals surface area (Å²) in [4.78, 5) is 11.7. The van der Waals surface area contributed by atoms with Gasteiger partial charge in [-0.25, -0.2) is 4.79 Å². The zero-order chi connectivity index (χ0) is 12.2. The lowest BCUT2D eigenvalue weighted by Gasteiger charge is -2.28. The van der Waals surface area contributed by atoms with Crippen LogP contribution < -0.4 is 5.32 Å². The third-order valence-electron chi connectivity index (χ3n) is 2.63. The van der Waals surface area contributed by atoms with Gasteiger partial charge < -0.3 is 10.1 Å². The zero-order valence-electron chi connectivity index (χ0n) is 9.71. The first kappa shape index (κ1) is 12.8. The lowest BCUT2D eigenvalue weighted by molar-refractivity contribution is -0.145. The van der Waals surface area contributed by atoms with E-state index in [2.05, 4.69) is 5.32 Å². The van der Waals surface area contributed by atoms with Crippen molar-refractivity contribution in [3.63, 3.8) is 0 Å². The normalized spacial score (nSPS) is 14.0. The molecule has 16 heavy (non-hydrogen) atoms. The Bertz CT molecular complexity index is 381. The minimum Gasteiger partial charge on any atom is -0.467 e. The van der Waals surface area contributed by atoms with Gasteiger partial charge in [-0.2, -0.15) is 0 Å². The molecule has 0 fully saturated rings. The SMILES string of the molecule is CCC(C)(Nc1ccccc1Cl)C(=O)OC. The molecule has 1 unspecified atom stereocenters. The van der Waals surface area contributed by atoms with Gasteiger partial charge in [-0.3, -0.25) is 0 Å². The number of nitrogens with one attached hydrogen (secondary N) is 1. The number of para-hydroxylation sites is 1. The van der Waals surface area contributed by atoms with E-state index in [-0.39, 0.29) is 5.97 Å². The third-order valence-corrected chi connectivity index (χ3v) is 2.96. The van der Waals surface area contributed by atoms with Crippen LogP contribution >= 0.6 is 11.6 Å². The monoisotopic (exact) mass is 241 g/mol. The van der Waals surface area contributed by atoms with Crippen LogP contribution in [0.15, 0.2) is 24.3 Å². The fourth-order valence-corrected chi connectivity index (χ4v) is 1.55. The minimum atomic E-state index is -0.750. The lowest BCUT2D eigenvalue weighted by atomic mass is 9.98. The maximum absolute atomic E-state index is 11.7. The van der Waals surface area contributed by atoms with Crippen molar-refractivity contribution in [2.45, 2.75) is 25.8 Å². The summed E-state index contributed by atoms with van der Waals surface area (Å²) in [6.07, 6.45) is 0.616. The summed E-state index contributed by atoms with van der Waals surface area (Å²) >= 11 is 6.02. The van der Waals surface area contributed by atoms with Gasteiger partial charge in [0.1, 0.15) is 5.54 Å². The summed E-state index contributed by atoms with van der Waals surface area (Å²) in [7, 11) is 1.38. The predicted molar refractivity (Wildman–Crippen MR) is 65.8 cm³/mol. The van der Waals surface area contributed by atoms with Crippen LogP contribution in [0.3, 0.4) is 0 Å². The molecule has 0 aliphatic rings. The number of methoxy groups -OCH3 is 1. The number of ether oxygens (including phenoxy) is 1. The van der Waals surface area contributed by atoms with Crippen molar-refractivity contribution in [1.82, 2.24) is 0 Å². The van der Waals surface area contributed by atoms with E-state index in [0.717, 1.165) is 5.69 Å². The maximum atomic E-state index is 11.7. The van der Waals surface area contributed by atoms with Crippen LogP contribution in [0.4, 0.5) is 5.69 Å². The molecule has 0 aliphatic heterocycles. The number of hydrogen-bond acceptors (Lipinski definition) is 3. The second kappa shape index (κ2) is 5.21. The molecule has 0 spiro atoms. The molecule has 0 heterocycles. The molecule has 0 bridgehead atoms. The van der Waals surface area contributed by atoms with Crippen LogP contribution in [0.5, 0.6) is 0 Å². The molecule has 0 radical (unpaired) electrons. The summed E-state index contributed by atoms with van der Waals surface area (Å²) < 4.78 is 4.77. The topological polar surface area (TPSA) is 38.3 Å². The Morgan fingerprint density at radius 1 is 1.50 bits per heavy atom. The maximum Gasteiger partial charge on any atom is 0.331 e. The highest BCUT2D eigenvalue weighted by molar-refractivity contribution is 6.33. The minimum absolute atomic E-state index is 0.296. The van der Waals surface area contributed by atoms with E-state index in [0.29, 0.717) is 11.4 Å². The van der Waals surface area contributed by atoms with E-state index in [9.17, 15) is 4.79 Å². The van der Waals surface area contributed by atoms with Crippen LogP contribution in [0.25, 0.3) is 0 Å². The molecule has 4 heteroatoms. The van der Waals surface area contributed by atoms with Gasteiger partial charge in [0, 0.05) is 0 Å². The highest BCUT2D eigenvalue weighted by Crippen LogP contribution is 2.26. The van der Waals surface area contributed by atoms with Gasteiger partial charge in [0.15, 0.2) is 0 Å². The van der Waals surface area contributed by atoms with Crippen LogP contribution in [0.2, 0.25) is 5.02 Å². The number of esters is 1. The van der Waals surface area contributed by atoms with E-state index < -0.39 is 5.54 Å². The lowest BCUT2D eigenvalue weighted by Crippen LogP contribution is -2.43. The van der Waals surface area contributed by atoms with Crippen molar-refractivity contribution >= 4 is 23.3 Å². The van der Waals surface area contributed by atoms with Crippen molar-refractivity contribution in [3.8, 4) is 0 Å². The first-order valence-electron chi connectivity index (χ1n) is 5.14. The Morgan fingerprint density at radius 2 is 2.12 bits per heavy atom. The first-order chi connectivity index (χ1) is 7.53. The van der Waals surface area contributed by atoms with Crippen LogP contribution in [0, 0.1) is 0 Å². The second-order valence-corrected chi connectivity index (χ2v) is 4.19. The van der Waals surface area contributed by atoms with Gasteiger partial charge in [-0.15, -0.1) is 0 Å². The molecule has 0 saturated heterocycles. The number of carbonyl (C=O) groups is 1. The Morgan fingerprint density at radius 3 is 2.62 bits per heavy atom. The van der Waals surface area contributed by atoms with Crippen molar-refractivity contribution in [2.75, 3.05) is 12.4 Å². The number of benzene rings is 1. The van der Waals surface area contributed by atoms with E-state index in [1.807, 2.05) is 25.1 Å². The summed E-state index contributed by atoms with van der Waals surface area (Å²) in [6.45, 7) is 3.71. The number of carbonyl (C=O) groups excluding carboxylic acids is 1. The van der Waals surface area contributed by atoms with E-state index >= 15 is 0 Å². The Labute approximate surface area is 101 Å². The molecule has 1 N–H and O–H groups in total. The molecule has 0 aromatic heterocycles. The molecule has 1 atom stereocenters. The van der Waals surface area contributed by atoms with Gasteiger partial charge in [-0.05, 0) is 25.5 Å². The van der Waals surface area contributed by atoms with Crippen LogP contribution in [0.1, 0.15) is 20.3 Å². The van der Waals surface area contributed by atoms with Crippen molar-refractivity contribution in [1.29, 1.82) is 0 Å². The second-order valence-electron chi connectivity index (χ2n) is 3.78. The van der Waals surface area contributed by atoms with Crippen molar-refractivity contribution < 1.29 is 9.53 Å². The average molecular weight is 242 g/mol. The fourth-order valence-electron chi connectivity index (χ4n) is 1.37. The number of halogens is 1. The summed E-state index contributed by atoms with van der Waals surface area (Å²) in [5.74, 6) is -0.296. The van der Waals surface area contributed by atoms with Gasteiger partial charge in [0.05, 0.1) is 17.8 Å². The number of anilines is 1. The van der Waals surface area contributed by atoms with Crippen molar-refractivity contribution in [2.24, 2.45) is 0 Å². The Hall–Kier alpha value is -1.22. The largest absolute Gasteiger partial charge is 0.467 e. The van der Waals surface area contributed by atoms with Gasteiger partial charge in [0.2, 0.25) is 0 Å². The third kappa shape index (κ3) is 2.67. The molecule has 1 aromatic rings. The van der Waals surface area contributed by atoms with Crippen molar-refractivity contribution in [3.05, 3.63) is 29.3 Å². The van der Waals surface area contributed by atoms with E-state index in [4.69, 9.17) is 16.3 Å². The molecule has 1 rings (SSSR count). The van der Waals surface area contributed by atoms with E-state index in [1.54, 1.807) is 13.0 Å². The highest BCUT2D eigenvalue weighted by atomic mass is 35.5. The predicted octanol–water partition coefficient (Wildman–Crippen LogP) is 3.09. The van der Waals surface area contributed by atoms with Crippen LogP contribution in [-0.2, 0) is 9.53 Å². The Balaban J connectivity index is 2.94. The quantitative estimate of drug-likeness (QED) is 0.824. The van der Waals surface area contributed by atoms with Gasteiger partial charge in [0.25, 0.3) is 0 Å². The fraction of sp³-hybridized carbons (Fsp3) is 0.417. The molecular formula is C12H16ClNO2. The average Bonchev–Trinajstić information content (AvgIpc) is 2.31. The van der Waals surface area contributed by atoms with Gasteiger partial charge in [-0.1, -0.05) is 30.7 Å². The molecule has 0 aliphatic carbocycles. The van der Waals surface area contributed by atoms with Gasteiger partial charge >= 0.3 is 5.97 Å². The zero-order valence-corrected chi connectivity index (χ0v) is 10.5. The molecule has 88 valence electrons. The van der Waals surface area contributed by atoms with Crippen LogP contribution in [-0.4, -0.2) is 18.6 Å². The first-order valence-corrected chi connectivity index (χ1v) is 5.52. The standard InChI is InChI=1S/C12H16ClNO2/c1-4-12(2,11(15)16-3)14-10-8-6-5-7-9(10)13/h5-8,14H,4H2,1-3H3. The smallest absolute Gasteiger partial charge is 0.331 e. The highest BCUT2D eigenvalue weighted by Gasteiger charge is 2.32.